The highest BCUT2D eigenvalue weighted by molar-refractivity contribution is 6.05. The maximum absolute atomic E-state index is 13.0. The van der Waals surface area contributed by atoms with Crippen LogP contribution in [0.15, 0.2) is 24.3 Å². The molecule has 2 aromatic rings. The van der Waals surface area contributed by atoms with E-state index in [1.54, 1.807) is 26.0 Å². The first-order valence-electron chi connectivity index (χ1n) is 11.1. The third-order valence-electron chi connectivity index (χ3n) is 4.71. The van der Waals surface area contributed by atoms with Crippen LogP contribution in [0.25, 0.3) is 11.1 Å². The van der Waals surface area contributed by atoms with E-state index < -0.39 is 23.9 Å². The standard InChI is InChI=1S/C26H30O8/c1-7-9-31-25(29)21-13-19(33-17(5)27)11-15(3)23(21)24-16(4)12-20(34-18(6)28)14-22(24)26(30)32-10-8-2/h11-14H,7-10H2,1-6H3. The molecule has 0 saturated heterocycles. The van der Waals surface area contributed by atoms with E-state index in [0.29, 0.717) is 35.1 Å². The number of esters is 4. The van der Waals surface area contributed by atoms with Crippen LogP contribution in [-0.4, -0.2) is 37.1 Å². The molecule has 0 heterocycles. The van der Waals surface area contributed by atoms with Crippen molar-refractivity contribution in [1.82, 2.24) is 0 Å². The van der Waals surface area contributed by atoms with Crippen molar-refractivity contribution in [3.05, 3.63) is 46.5 Å². The van der Waals surface area contributed by atoms with E-state index in [2.05, 4.69) is 0 Å². The van der Waals surface area contributed by atoms with Crippen LogP contribution in [0, 0.1) is 13.8 Å². The van der Waals surface area contributed by atoms with Crippen LogP contribution in [-0.2, 0) is 19.1 Å². The molecule has 0 bridgehead atoms. The molecule has 0 aromatic heterocycles. The second kappa shape index (κ2) is 12.0. The smallest absolute Gasteiger partial charge is 0.338 e. The molecule has 0 N–H and O–H groups in total. The minimum absolute atomic E-state index is 0.137. The van der Waals surface area contributed by atoms with Gasteiger partial charge in [-0.25, -0.2) is 9.59 Å². The molecule has 182 valence electrons. The van der Waals surface area contributed by atoms with Crippen molar-refractivity contribution in [3.63, 3.8) is 0 Å². The Morgan fingerprint density at radius 2 is 1.00 bits per heavy atom. The zero-order chi connectivity index (χ0) is 25.4. The lowest BCUT2D eigenvalue weighted by Crippen LogP contribution is -2.14. The van der Waals surface area contributed by atoms with Crippen molar-refractivity contribution in [2.45, 2.75) is 54.4 Å². The fraction of sp³-hybridized carbons (Fsp3) is 0.385. The van der Waals surface area contributed by atoms with Crippen molar-refractivity contribution in [2.24, 2.45) is 0 Å². The Morgan fingerprint density at radius 3 is 1.29 bits per heavy atom. The topological polar surface area (TPSA) is 105 Å². The van der Waals surface area contributed by atoms with E-state index >= 15 is 0 Å². The molecule has 0 saturated carbocycles. The van der Waals surface area contributed by atoms with Crippen molar-refractivity contribution in [3.8, 4) is 22.6 Å². The van der Waals surface area contributed by atoms with Crippen LogP contribution < -0.4 is 9.47 Å². The van der Waals surface area contributed by atoms with Gasteiger partial charge in [0.05, 0.1) is 24.3 Å². The maximum Gasteiger partial charge on any atom is 0.338 e. The molecular formula is C26H30O8. The summed E-state index contributed by atoms with van der Waals surface area (Å²) in [6.07, 6.45) is 1.24. The summed E-state index contributed by atoms with van der Waals surface area (Å²) in [5, 5.41) is 0. The normalized spacial score (nSPS) is 10.4. The highest BCUT2D eigenvalue weighted by atomic mass is 16.5. The Labute approximate surface area is 199 Å². The molecule has 0 unspecified atom stereocenters. The molecular weight excluding hydrogens is 440 g/mol. The molecule has 0 aliphatic carbocycles. The van der Waals surface area contributed by atoms with Crippen LogP contribution >= 0.6 is 0 Å². The van der Waals surface area contributed by atoms with E-state index in [-0.39, 0.29) is 35.8 Å². The van der Waals surface area contributed by atoms with Crippen LogP contribution in [0.3, 0.4) is 0 Å². The van der Waals surface area contributed by atoms with Gasteiger partial charge in [-0.1, -0.05) is 13.8 Å². The summed E-state index contributed by atoms with van der Waals surface area (Å²) in [6.45, 7) is 10.1. The van der Waals surface area contributed by atoms with E-state index in [1.807, 2.05) is 13.8 Å². The van der Waals surface area contributed by atoms with Gasteiger partial charge in [-0.3, -0.25) is 9.59 Å². The van der Waals surface area contributed by atoms with E-state index in [9.17, 15) is 19.2 Å². The molecule has 0 aliphatic rings. The van der Waals surface area contributed by atoms with Gasteiger partial charge in [-0.2, -0.15) is 0 Å². The van der Waals surface area contributed by atoms with Gasteiger partial charge >= 0.3 is 23.9 Å². The lowest BCUT2D eigenvalue weighted by Gasteiger charge is -2.20. The number of carbonyl (C=O) groups excluding carboxylic acids is 4. The van der Waals surface area contributed by atoms with E-state index in [4.69, 9.17) is 18.9 Å². The van der Waals surface area contributed by atoms with Gasteiger partial charge in [0.2, 0.25) is 0 Å². The number of hydrogen-bond acceptors (Lipinski definition) is 8. The lowest BCUT2D eigenvalue weighted by atomic mass is 9.88. The molecule has 2 rings (SSSR count). The molecule has 0 amide bonds. The summed E-state index contributed by atoms with van der Waals surface area (Å²) in [7, 11) is 0. The van der Waals surface area contributed by atoms with E-state index in [0.717, 1.165) is 0 Å². The van der Waals surface area contributed by atoms with Gasteiger partial charge in [0.1, 0.15) is 11.5 Å². The summed E-state index contributed by atoms with van der Waals surface area (Å²) in [5.41, 5.74) is 2.31. The largest absolute Gasteiger partial charge is 0.462 e. The lowest BCUT2D eigenvalue weighted by molar-refractivity contribution is -0.132. The molecule has 0 spiro atoms. The number of benzene rings is 2. The maximum atomic E-state index is 13.0. The first kappa shape index (κ1) is 26.6. The summed E-state index contributed by atoms with van der Waals surface area (Å²) in [4.78, 5) is 49.1. The van der Waals surface area contributed by atoms with Crippen LogP contribution in [0.2, 0.25) is 0 Å². The number of hydrogen-bond donors (Lipinski definition) is 0. The zero-order valence-electron chi connectivity index (χ0n) is 20.4. The minimum atomic E-state index is -0.620. The molecule has 8 heteroatoms. The Balaban J connectivity index is 2.83. The predicted octanol–water partition coefficient (Wildman–Crippen LogP) is 4.95. The number of rotatable bonds is 9. The third-order valence-corrected chi connectivity index (χ3v) is 4.71. The summed E-state index contributed by atoms with van der Waals surface area (Å²) >= 11 is 0. The van der Waals surface area contributed by atoms with Gasteiger partial charge in [0, 0.05) is 25.0 Å². The monoisotopic (exact) mass is 470 g/mol. The predicted molar refractivity (Wildman–Crippen MR) is 125 cm³/mol. The molecule has 2 aromatic carbocycles. The second-order valence-corrected chi connectivity index (χ2v) is 7.78. The van der Waals surface area contributed by atoms with Crippen LogP contribution in [0.5, 0.6) is 11.5 Å². The Morgan fingerprint density at radius 1 is 0.647 bits per heavy atom. The van der Waals surface area contributed by atoms with Crippen molar-refractivity contribution in [2.75, 3.05) is 13.2 Å². The Kier molecular flexibility index (Phi) is 9.36. The summed E-state index contributed by atoms with van der Waals surface area (Å²) in [5.74, 6) is -1.95. The fourth-order valence-corrected chi connectivity index (χ4v) is 3.49. The van der Waals surface area contributed by atoms with Gasteiger partial charge in [0.15, 0.2) is 0 Å². The molecule has 0 aliphatic heterocycles. The van der Waals surface area contributed by atoms with Crippen molar-refractivity contribution in [1.29, 1.82) is 0 Å². The molecule has 8 nitrogen and oxygen atoms in total. The van der Waals surface area contributed by atoms with Gasteiger partial charge in [0.25, 0.3) is 0 Å². The van der Waals surface area contributed by atoms with Gasteiger partial charge in [-0.05, 0) is 62.1 Å². The minimum Gasteiger partial charge on any atom is -0.462 e. The van der Waals surface area contributed by atoms with E-state index in [1.165, 1.54) is 26.0 Å². The molecule has 0 radical (unpaired) electrons. The quantitative estimate of drug-likeness (QED) is 0.374. The highest BCUT2D eigenvalue weighted by Gasteiger charge is 2.26. The Bertz CT molecular complexity index is 1010. The molecule has 34 heavy (non-hydrogen) atoms. The van der Waals surface area contributed by atoms with Gasteiger partial charge in [-0.15, -0.1) is 0 Å². The number of aryl methyl sites for hydroxylation is 2. The second-order valence-electron chi connectivity index (χ2n) is 7.78. The third kappa shape index (κ3) is 6.66. The van der Waals surface area contributed by atoms with Crippen LogP contribution in [0.1, 0.15) is 72.4 Å². The first-order chi connectivity index (χ1) is 16.1. The highest BCUT2D eigenvalue weighted by Crippen LogP contribution is 2.38. The fourth-order valence-electron chi connectivity index (χ4n) is 3.49. The van der Waals surface area contributed by atoms with Gasteiger partial charge < -0.3 is 18.9 Å². The molecule has 0 atom stereocenters. The van der Waals surface area contributed by atoms with Crippen molar-refractivity contribution >= 4 is 23.9 Å². The SMILES string of the molecule is CCCOC(=O)c1cc(OC(C)=O)cc(C)c1-c1c(C)cc(OC(C)=O)cc1C(=O)OCCC. The summed E-state index contributed by atoms with van der Waals surface area (Å²) in [6, 6.07) is 6.05. The zero-order valence-corrected chi connectivity index (χ0v) is 20.4. The Hall–Kier alpha value is -3.68. The number of carbonyl (C=O) groups is 4. The average molecular weight is 471 g/mol. The first-order valence-corrected chi connectivity index (χ1v) is 11.1. The number of ether oxygens (including phenoxy) is 4. The van der Waals surface area contributed by atoms with Crippen molar-refractivity contribution < 1.29 is 38.1 Å². The molecule has 0 fully saturated rings. The average Bonchev–Trinajstić information content (AvgIpc) is 2.74. The summed E-state index contributed by atoms with van der Waals surface area (Å²) < 4.78 is 21.2. The van der Waals surface area contributed by atoms with Crippen LogP contribution in [0.4, 0.5) is 0 Å².